The van der Waals surface area contributed by atoms with Gasteiger partial charge in [-0.3, -0.25) is 4.79 Å². The van der Waals surface area contributed by atoms with Crippen molar-refractivity contribution in [1.29, 1.82) is 0 Å². The average Bonchev–Trinajstić information content (AvgIpc) is 2.59. The van der Waals surface area contributed by atoms with Crippen molar-refractivity contribution in [2.24, 2.45) is 0 Å². The predicted octanol–water partition coefficient (Wildman–Crippen LogP) is 3.51. The first-order valence-corrected chi connectivity index (χ1v) is 7.52. The Balaban J connectivity index is 2.05. The van der Waals surface area contributed by atoms with Crippen molar-refractivity contribution < 1.29 is 23.8 Å². The SMILES string of the molecule is COc1cccc(C(=O)COC(=O)c2cc(OC)ccc2Br)c1. The number of methoxy groups -OCH3 is 2. The first kappa shape index (κ1) is 17.0. The number of carbonyl (C=O) groups is 2. The van der Waals surface area contributed by atoms with Crippen LogP contribution in [0.1, 0.15) is 20.7 Å². The zero-order valence-electron chi connectivity index (χ0n) is 12.7. The van der Waals surface area contributed by atoms with Crippen LogP contribution in [0.15, 0.2) is 46.9 Å². The number of benzene rings is 2. The van der Waals surface area contributed by atoms with E-state index in [0.717, 1.165) is 0 Å². The molecular formula is C17H15BrO5. The molecule has 0 unspecified atom stereocenters. The summed E-state index contributed by atoms with van der Waals surface area (Å²) in [7, 11) is 3.02. The second-order valence-corrected chi connectivity index (χ2v) is 5.43. The van der Waals surface area contributed by atoms with Crippen molar-refractivity contribution in [2.75, 3.05) is 20.8 Å². The molecule has 6 heteroatoms. The van der Waals surface area contributed by atoms with Crippen LogP contribution in [0.4, 0.5) is 0 Å². The van der Waals surface area contributed by atoms with Crippen molar-refractivity contribution >= 4 is 27.7 Å². The fraction of sp³-hybridized carbons (Fsp3) is 0.176. The number of hydrogen-bond acceptors (Lipinski definition) is 5. The fourth-order valence-corrected chi connectivity index (χ4v) is 2.28. The zero-order chi connectivity index (χ0) is 16.8. The number of Topliss-reactive ketones (excluding diaryl/α,β-unsaturated/α-hetero) is 1. The lowest BCUT2D eigenvalue weighted by molar-refractivity contribution is 0.0473. The highest BCUT2D eigenvalue weighted by atomic mass is 79.9. The van der Waals surface area contributed by atoms with E-state index in [1.807, 2.05) is 0 Å². The number of ether oxygens (including phenoxy) is 3. The zero-order valence-corrected chi connectivity index (χ0v) is 14.3. The molecule has 2 aromatic carbocycles. The van der Waals surface area contributed by atoms with Crippen molar-refractivity contribution in [2.45, 2.75) is 0 Å². The first-order chi connectivity index (χ1) is 11.0. The Morgan fingerprint density at radius 1 is 1.00 bits per heavy atom. The number of ketones is 1. The maximum atomic E-state index is 12.1. The van der Waals surface area contributed by atoms with E-state index in [1.54, 1.807) is 42.5 Å². The van der Waals surface area contributed by atoms with Crippen LogP contribution >= 0.6 is 15.9 Å². The third-order valence-electron chi connectivity index (χ3n) is 3.12. The molecule has 0 bridgehead atoms. The van der Waals surface area contributed by atoms with Gasteiger partial charge in [0.2, 0.25) is 0 Å². The molecule has 0 N–H and O–H groups in total. The third kappa shape index (κ3) is 4.32. The van der Waals surface area contributed by atoms with Crippen LogP contribution in [0.3, 0.4) is 0 Å². The molecule has 0 radical (unpaired) electrons. The van der Waals surface area contributed by atoms with Gasteiger partial charge in [-0.2, -0.15) is 0 Å². The van der Waals surface area contributed by atoms with Crippen LogP contribution in [0.5, 0.6) is 11.5 Å². The Morgan fingerprint density at radius 3 is 2.39 bits per heavy atom. The molecule has 2 aromatic rings. The highest BCUT2D eigenvalue weighted by Gasteiger charge is 2.15. The molecule has 0 fully saturated rings. The predicted molar refractivity (Wildman–Crippen MR) is 88.3 cm³/mol. The molecule has 0 saturated carbocycles. The Morgan fingerprint density at radius 2 is 1.70 bits per heavy atom. The number of halogens is 1. The van der Waals surface area contributed by atoms with E-state index in [-0.39, 0.29) is 12.4 Å². The van der Waals surface area contributed by atoms with Gasteiger partial charge in [0.1, 0.15) is 11.5 Å². The largest absolute Gasteiger partial charge is 0.497 e. The van der Waals surface area contributed by atoms with Crippen molar-refractivity contribution in [3.63, 3.8) is 0 Å². The summed E-state index contributed by atoms with van der Waals surface area (Å²) in [6, 6.07) is 11.6. The van der Waals surface area contributed by atoms with Crippen LogP contribution in [0, 0.1) is 0 Å². The van der Waals surface area contributed by atoms with Gasteiger partial charge >= 0.3 is 5.97 Å². The minimum atomic E-state index is -0.605. The van der Waals surface area contributed by atoms with E-state index in [0.29, 0.717) is 27.1 Å². The maximum Gasteiger partial charge on any atom is 0.339 e. The molecule has 0 saturated heterocycles. The first-order valence-electron chi connectivity index (χ1n) is 6.73. The summed E-state index contributed by atoms with van der Waals surface area (Å²) < 4.78 is 15.8. The summed E-state index contributed by atoms with van der Waals surface area (Å²) in [5.74, 6) is 0.181. The van der Waals surface area contributed by atoms with E-state index < -0.39 is 5.97 Å². The molecule has 0 aromatic heterocycles. The van der Waals surface area contributed by atoms with Crippen LogP contribution < -0.4 is 9.47 Å². The molecule has 23 heavy (non-hydrogen) atoms. The van der Waals surface area contributed by atoms with Crippen molar-refractivity contribution in [3.8, 4) is 11.5 Å². The Labute approximate surface area is 142 Å². The Kier molecular flexibility index (Phi) is 5.76. The van der Waals surface area contributed by atoms with Gasteiger partial charge in [0.15, 0.2) is 12.4 Å². The lowest BCUT2D eigenvalue weighted by Crippen LogP contribution is -2.14. The molecule has 0 aliphatic rings. The minimum absolute atomic E-state index is 0.294. The highest BCUT2D eigenvalue weighted by molar-refractivity contribution is 9.10. The van der Waals surface area contributed by atoms with Gasteiger partial charge in [-0.15, -0.1) is 0 Å². The van der Waals surface area contributed by atoms with Crippen LogP contribution in [-0.4, -0.2) is 32.6 Å². The second-order valence-electron chi connectivity index (χ2n) is 4.58. The van der Waals surface area contributed by atoms with E-state index >= 15 is 0 Å². The fourth-order valence-electron chi connectivity index (χ4n) is 1.88. The highest BCUT2D eigenvalue weighted by Crippen LogP contribution is 2.23. The summed E-state index contributed by atoms with van der Waals surface area (Å²) in [5.41, 5.74) is 0.713. The smallest absolute Gasteiger partial charge is 0.339 e. The molecule has 120 valence electrons. The van der Waals surface area contributed by atoms with Crippen molar-refractivity contribution in [3.05, 3.63) is 58.1 Å². The summed E-state index contributed by atoms with van der Waals surface area (Å²) in [5, 5.41) is 0. The molecule has 0 atom stereocenters. The second kappa shape index (κ2) is 7.78. The maximum absolute atomic E-state index is 12.1. The summed E-state index contributed by atoms with van der Waals surface area (Å²) in [6.45, 7) is -0.352. The Bertz CT molecular complexity index is 727. The molecule has 0 aliphatic carbocycles. The standard InChI is InChI=1S/C17H15BrO5/c1-21-12-5-3-4-11(8-12)16(19)10-23-17(20)14-9-13(22-2)6-7-15(14)18/h3-9H,10H2,1-2H3. The van der Waals surface area contributed by atoms with Gasteiger partial charge in [0.25, 0.3) is 0 Å². The third-order valence-corrected chi connectivity index (χ3v) is 3.81. The van der Waals surface area contributed by atoms with E-state index in [2.05, 4.69) is 15.9 Å². The molecule has 0 amide bonds. The monoisotopic (exact) mass is 378 g/mol. The molecule has 5 nitrogen and oxygen atoms in total. The molecule has 0 aliphatic heterocycles. The number of rotatable bonds is 6. The lowest BCUT2D eigenvalue weighted by Gasteiger charge is -2.08. The molecule has 0 heterocycles. The van der Waals surface area contributed by atoms with Crippen LogP contribution in [0.2, 0.25) is 0 Å². The minimum Gasteiger partial charge on any atom is -0.497 e. The number of carbonyl (C=O) groups excluding carboxylic acids is 2. The van der Waals surface area contributed by atoms with Gasteiger partial charge in [0, 0.05) is 10.0 Å². The quantitative estimate of drug-likeness (QED) is 0.568. The average molecular weight is 379 g/mol. The van der Waals surface area contributed by atoms with Crippen LogP contribution in [-0.2, 0) is 4.74 Å². The van der Waals surface area contributed by atoms with Gasteiger partial charge < -0.3 is 14.2 Å². The lowest BCUT2D eigenvalue weighted by atomic mass is 10.1. The normalized spacial score (nSPS) is 10.0. The van der Waals surface area contributed by atoms with E-state index in [1.165, 1.54) is 14.2 Å². The van der Waals surface area contributed by atoms with Crippen molar-refractivity contribution in [1.82, 2.24) is 0 Å². The van der Waals surface area contributed by atoms with Gasteiger partial charge in [-0.05, 0) is 46.3 Å². The van der Waals surface area contributed by atoms with Gasteiger partial charge in [-0.25, -0.2) is 4.79 Å². The number of esters is 1. The number of hydrogen-bond donors (Lipinski definition) is 0. The molecular weight excluding hydrogens is 364 g/mol. The Hall–Kier alpha value is -2.34. The summed E-state index contributed by atoms with van der Waals surface area (Å²) in [4.78, 5) is 24.2. The summed E-state index contributed by atoms with van der Waals surface area (Å²) in [6.07, 6.45) is 0. The molecule has 0 spiro atoms. The summed E-state index contributed by atoms with van der Waals surface area (Å²) >= 11 is 3.27. The van der Waals surface area contributed by atoms with Crippen LogP contribution in [0.25, 0.3) is 0 Å². The van der Waals surface area contributed by atoms with E-state index in [9.17, 15) is 9.59 Å². The van der Waals surface area contributed by atoms with Gasteiger partial charge in [0.05, 0.1) is 19.8 Å². The topological polar surface area (TPSA) is 61.8 Å². The van der Waals surface area contributed by atoms with E-state index in [4.69, 9.17) is 14.2 Å². The van der Waals surface area contributed by atoms with Gasteiger partial charge in [-0.1, -0.05) is 12.1 Å². The molecule has 2 rings (SSSR count).